The van der Waals surface area contributed by atoms with Crippen LogP contribution in [0.1, 0.15) is 39.9 Å². The van der Waals surface area contributed by atoms with Crippen molar-refractivity contribution in [3.8, 4) is 0 Å². The van der Waals surface area contributed by atoms with Crippen molar-refractivity contribution in [3.05, 3.63) is 21.4 Å². The van der Waals surface area contributed by atoms with Gasteiger partial charge in [-0.1, -0.05) is 6.92 Å². The zero-order valence-corrected chi connectivity index (χ0v) is 14.0. The number of carboxylic acids is 1. The predicted molar refractivity (Wildman–Crippen MR) is 83.8 cm³/mol. The molecule has 2 heterocycles. The monoisotopic (exact) mass is 331 g/mol. The Labute approximate surface area is 129 Å². The molecule has 1 aliphatic heterocycles. The fraction of sp³-hybridized carbons (Fsp3) is 0.643. The molecular weight excluding hydrogens is 310 g/mol. The van der Waals surface area contributed by atoms with E-state index >= 15 is 0 Å². The van der Waals surface area contributed by atoms with Crippen LogP contribution < -0.4 is 0 Å². The Bertz CT molecular complexity index is 621. The maximum atomic E-state index is 11.7. The van der Waals surface area contributed by atoms with Gasteiger partial charge >= 0.3 is 5.97 Å². The summed E-state index contributed by atoms with van der Waals surface area (Å²) >= 11 is 1.28. The topological polar surface area (TPSA) is 74.7 Å². The van der Waals surface area contributed by atoms with Crippen molar-refractivity contribution < 1.29 is 18.3 Å². The lowest BCUT2D eigenvalue weighted by atomic mass is 10.1. The molecule has 0 saturated carbocycles. The largest absolute Gasteiger partial charge is 0.477 e. The van der Waals surface area contributed by atoms with Gasteiger partial charge in [-0.3, -0.25) is 4.90 Å². The maximum Gasteiger partial charge on any atom is 0.345 e. The molecule has 1 N–H and O–H groups in total. The summed E-state index contributed by atoms with van der Waals surface area (Å²) in [4.78, 5) is 14.6. The van der Waals surface area contributed by atoms with E-state index in [0.717, 1.165) is 23.4 Å². The van der Waals surface area contributed by atoms with Gasteiger partial charge in [-0.05, 0) is 37.9 Å². The highest BCUT2D eigenvalue weighted by atomic mass is 32.2. The number of carboxylic acid groups (broad SMARTS) is 1. The van der Waals surface area contributed by atoms with E-state index in [-0.39, 0.29) is 17.5 Å². The molecule has 0 spiro atoms. The van der Waals surface area contributed by atoms with Gasteiger partial charge in [-0.15, -0.1) is 11.3 Å². The number of nitrogens with zero attached hydrogens (tertiary/aromatic N) is 1. The lowest BCUT2D eigenvalue weighted by Crippen LogP contribution is -2.36. The predicted octanol–water partition coefficient (Wildman–Crippen LogP) is 2.15. The maximum absolute atomic E-state index is 11.7. The molecular formula is C14H21NO4S2. The zero-order chi connectivity index (χ0) is 15.6. The highest BCUT2D eigenvalue weighted by Gasteiger charge is 2.32. The number of thiophene rings is 1. The number of aromatic carboxylic acids is 1. The lowest BCUT2D eigenvalue weighted by Gasteiger charge is -2.27. The average Bonchev–Trinajstić information content (AvgIpc) is 2.92. The average molecular weight is 331 g/mol. The van der Waals surface area contributed by atoms with Crippen LogP contribution in [0, 0.1) is 6.92 Å². The minimum atomic E-state index is -2.90. The van der Waals surface area contributed by atoms with E-state index in [1.807, 2.05) is 6.92 Å². The molecule has 1 unspecified atom stereocenters. The Balaban J connectivity index is 2.15. The first kappa shape index (κ1) is 16.5. The molecule has 0 bridgehead atoms. The summed E-state index contributed by atoms with van der Waals surface area (Å²) in [5, 5.41) is 9.06. The Morgan fingerprint density at radius 2 is 2.24 bits per heavy atom. The number of sulfone groups is 1. The van der Waals surface area contributed by atoms with E-state index in [4.69, 9.17) is 5.11 Å². The van der Waals surface area contributed by atoms with Crippen LogP contribution in [0.25, 0.3) is 0 Å². The van der Waals surface area contributed by atoms with Gasteiger partial charge in [0.05, 0.1) is 11.5 Å². The summed E-state index contributed by atoms with van der Waals surface area (Å²) < 4.78 is 23.3. The standard InChI is InChI=1S/C14H21NO4S2/c1-3-5-15(12-4-6-21(18,19)9-12)8-11-7-13(14(16)17)20-10(11)2/h7,12H,3-6,8-9H2,1-2H3,(H,16,17). The normalized spacial score (nSPS) is 21.0. The summed E-state index contributed by atoms with van der Waals surface area (Å²) in [5.74, 6) is -0.414. The quantitative estimate of drug-likeness (QED) is 0.864. The molecule has 118 valence electrons. The molecule has 1 aromatic rings. The summed E-state index contributed by atoms with van der Waals surface area (Å²) in [5.41, 5.74) is 0.996. The van der Waals surface area contributed by atoms with Crippen molar-refractivity contribution in [3.63, 3.8) is 0 Å². The van der Waals surface area contributed by atoms with E-state index in [0.29, 0.717) is 17.8 Å². The van der Waals surface area contributed by atoms with Crippen LogP contribution in [0.2, 0.25) is 0 Å². The first-order chi connectivity index (χ1) is 9.82. The Kier molecular flexibility index (Phi) is 5.06. The van der Waals surface area contributed by atoms with Crippen molar-refractivity contribution in [2.75, 3.05) is 18.1 Å². The molecule has 1 saturated heterocycles. The van der Waals surface area contributed by atoms with Crippen molar-refractivity contribution in [1.29, 1.82) is 0 Å². The minimum Gasteiger partial charge on any atom is -0.477 e. The van der Waals surface area contributed by atoms with Crippen molar-refractivity contribution in [2.24, 2.45) is 0 Å². The lowest BCUT2D eigenvalue weighted by molar-refractivity contribution is 0.0702. The van der Waals surface area contributed by atoms with Crippen LogP contribution >= 0.6 is 11.3 Å². The number of hydrogen-bond donors (Lipinski definition) is 1. The molecule has 21 heavy (non-hydrogen) atoms. The van der Waals surface area contributed by atoms with Gasteiger partial charge in [0, 0.05) is 17.5 Å². The van der Waals surface area contributed by atoms with Crippen LogP contribution in [0.15, 0.2) is 6.07 Å². The van der Waals surface area contributed by atoms with E-state index in [1.54, 1.807) is 6.07 Å². The van der Waals surface area contributed by atoms with E-state index in [2.05, 4.69) is 11.8 Å². The van der Waals surface area contributed by atoms with Crippen molar-refractivity contribution in [1.82, 2.24) is 4.90 Å². The summed E-state index contributed by atoms with van der Waals surface area (Å²) in [6.45, 7) is 5.45. The third kappa shape index (κ3) is 4.05. The molecule has 0 amide bonds. The second kappa shape index (κ2) is 6.46. The molecule has 1 aromatic heterocycles. The third-order valence-electron chi connectivity index (χ3n) is 3.84. The zero-order valence-electron chi connectivity index (χ0n) is 12.3. The third-order valence-corrected chi connectivity index (χ3v) is 6.67. The number of hydrogen-bond acceptors (Lipinski definition) is 5. The molecule has 0 radical (unpaired) electrons. The fourth-order valence-corrected chi connectivity index (χ4v) is 5.38. The minimum absolute atomic E-state index is 0.0579. The van der Waals surface area contributed by atoms with Crippen LogP contribution in [0.3, 0.4) is 0 Å². The first-order valence-electron chi connectivity index (χ1n) is 7.09. The number of carbonyl (C=O) groups is 1. The molecule has 1 atom stereocenters. The first-order valence-corrected chi connectivity index (χ1v) is 9.73. The highest BCUT2D eigenvalue weighted by Crippen LogP contribution is 2.26. The van der Waals surface area contributed by atoms with Crippen molar-refractivity contribution >= 4 is 27.1 Å². The van der Waals surface area contributed by atoms with Gasteiger partial charge in [-0.2, -0.15) is 0 Å². The van der Waals surface area contributed by atoms with E-state index in [9.17, 15) is 13.2 Å². The van der Waals surface area contributed by atoms with Gasteiger partial charge in [0.15, 0.2) is 9.84 Å². The molecule has 5 nitrogen and oxygen atoms in total. The van der Waals surface area contributed by atoms with Crippen LogP contribution in [0.4, 0.5) is 0 Å². The molecule has 7 heteroatoms. The smallest absolute Gasteiger partial charge is 0.345 e. The fourth-order valence-electron chi connectivity index (χ4n) is 2.74. The Morgan fingerprint density at radius 3 is 2.71 bits per heavy atom. The van der Waals surface area contributed by atoms with Crippen LogP contribution in [-0.4, -0.2) is 48.5 Å². The van der Waals surface area contributed by atoms with Gasteiger partial charge < -0.3 is 5.11 Å². The Morgan fingerprint density at radius 1 is 1.52 bits per heavy atom. The summed E-state index contributed by atoms with van der Waals surface area (Å²) in [6.07, 6.45) is 1.63. The van der Waals surface area contributed by atoms with Crippen LogP contribution in [-0.2, 0) is 16.4 Å². The molecule has 0 aromatic carbocycles. The summed E-state index contributed by atoms with van der Waals surface area (Å²) in [6, 6.07) is 1.77. The van der Waals surface area contributed by atoms with Gasteiger partial charge in [0.2, 0.25) is 0 Å². The summed E-state index contributed by atoms with van der Waals surface area (Å²) in [7, 11) is -2.90. The molecule has 1 fully saturated rings. The number of rotatable bonds is 6. The second-order valence-electron chi connectivity index (χ2n) is 5.52. The Hall–Kier alpha value is -0.920. The number of aryl methyl sites for hydroxylation is 1. The molecule has 2 rings (SSSR count). The van der Waals surface area contributed by atoms with E-state index < -0.39 is 15.8 Å². The van der Waals surface area contributed by atoms with Crippen molar-refractivity contribution in [2.45, 2.75) is 39.3 Å². The second-order valence-corrected chi connectivity index (χ2v) is 9.01. The molecule has 1 aliphatic rings. The van der Waals surface area contributed by atoms with Gasteiger partial charge in [0.1, 0.15) is 4.88 Å². The van der Waals surface area contributed by atoms with E-state index in [1.165, 1.54) is 11.3 Å². The highest BCUT2D eigenvalue weighted by molar-refractivity contribution is 7.91. The van der Waals surface area contributed by atoms with Crippen LogP contribution in [0.5, 0.6) is 0 Å². The molecule has 0 aliphatic carbocycles. The SMILES string of the molecule is CCCN(Cc1cc(C(=O)O)sc1C)C1CCS(=O)(=O)C1. The van der Waals surface area contributed by atoms with Gasteiger partial charge in [-0.25, -0.2) is 13.2 Å². The van der Waals surface area contributed by atoms with Gasteiger partial charge in [0.25, 0.3) is 0 Å².